The molecule has 6 heteroatoms. The second kappa shape index (κ2) is 9.32. The monoisotopic (exact) mass is 384 g/mol. The summed E-state index contributed by atoms with van der Waals surface area (Å²) in [5.41, 5.74) is 3.56. The molecule has 1 aromatic heterocycles. The molecule has 1 N–H and O–H groups in total. The SMILES string of the molecule is COC(=O)CCCCCN1CCC(C)(c2cccc(-c3cn[nH]n3)c2)C(C)C1. The Kier molecular flexibility index (Phi) is 6.83. The van der Waals surface area contributed by atoms with Gasteiger partial charge in [-0.1, -0.05) is 38.5 Å². The largest absolute Gasteiger partial charge is 0.469 e. The third-order valence-corrected chi connectivity index (χ3v) is 6.38. The Morgan fingerprint density at radius 2 is 2.21 bits per heavy atom. The molecule has 1 aliphatic rings. The lowest BCUT2D eigenvalue weighted by Crippen LogP contribution is -2.47. The third-order valence-electron chi connectivity index (χ3n) is 6.38. The van der Waals surface area contributed by atoms with Gasteiger partial charge in [-0.25, -0.2) is 0 Å². The molecule has 1 fully saturated rings. The number of hydrogen-bond acceptors (Lipinski definition) is 5. The fraction of sp³-hybridized carbons (Fsp3) is 0.591. The van der Waals surface area contributed by atoms with E-state index in [1.807, 2.05) is 0 Å². The number of H-pyrrole nitrogens is 1. The van der Waals surface area contributed by atoms with Crippen LogP contribution in [0.2, 0.25) is 0 Å². The van der Waals surface area contributed by atoms with Gasteiger partial charge in [-0.2, -0.15) is 15.4 Å². The lowest BCUT2D eigenvalue weighted by molar-refractivity contribution is -0.140. The molecule has 28 heavy (non-hydrogen) atoms. The molecule has 0 bridgehead atoms. The summed E-state index contributed by atoms with van der Waals surface area (Å²) in [7, 11) is 1.45. The van der Waals surface area contributed by atoms with Crippen molar-refractivity contribution in [2.24, 2.45) is 5.92 Å². The number of piperidine rings is 1. The molecular weight excluding hydrogens is 352 g/mol. The number of methoxy groups -OCH3 is 1. The lowest BCUT2D eigenvalue weighted by Gasteiger charge is -2.45. The predicted molar refractivity (Wildman–Crippen MR) is 110 cm³/mol. The summed E-state index contributed by atoms with van der Waals surface area (Å²) < 4.78 is 4.70. The molecule has 2 unspecified atom stereocenters. The molecule has 1 aromatic carbocycles. The average molecular weight is 385 g/mol. The number of unbranched alkanes of at least 4 members (excludes halogenated alkanes) is 2. The quantitative estimate of drug-likeness (QED) is 0.554. The highest BCUT2D eigenvalue weighted by atomic mass is 16.5. The van der Waals surface area contributed by atoms with Gasteiger partial charge in [0.25, 0.3) is 0 Å². The van der Waals surface area contributed by atoms with Crippen LogP contribution in [0.1, 0.15) is 51.5 Å². The normalized spacial score (nSPS) is 22.9. The zero-order valence-corrected chi connectivity index (χ0v) is 17.3. The molecule has 0 radical (unpaired) electrons. The number of rotatable bonds is 8. The summed E-state index contributed by atoms with van der Waals surface area (Å²) in [4.78, 5) is 13.8. The van der Waals surface area contributed by atoms with Crippen molar-refractivity contribution in [3.63, 3.8) is 0 Å². The second-order valence-electron chi connectivity index (χ2n) is 8.19. The Morgan fingerprint density at radius 1 is 1.36 bits per heavy atom. The van der Waals surface area contributed by atoms with Gasteiger partial charge in [-0.15, -0.1) is 0 Å². The molecule has 2 heterocycles. The summed E-state index contributed by atoms with van der Waals surface area (Å²) >= 11 is 0. The molecule has 6 nitrogen and oxygen atoms in total. The Hall–Kier alpha value is -2.21. The number of carbonyl (C=O) groups excluding carboxylic acids is 1. The number of likely N-dealkylation sites (tertiary alicyclic amines) is 1. The standard InChI is InChI=1S/C22H32N4O2/c1-17-16-26(12-6-4-5-10-21(27)28-3)13-11-22(17,2)19-9-7-8-18(14-19)20-15-23-25-24-20/h7-9,14-15,17H,4-6,10-13,16H2,1-3H3,(H,23,24,25). The number of nitrogens with zero attached hydrogens (tertiary/aromatic N) is 3. The zero-order valence-electron chi connectivity index (χ0n) is 17.3. The Morgan fingerprint density at radius 3 is 2.93 bits per heavy atom. The van der Waals surface area contributed by atoms with Gasteiger partial charge in [0.15, 0.2) is 0 Å². The van der Waals surface area contributed by atoms with E-state index < -0.39 is 0 Å². The van der Waals surface area contributed by atoms with Crippen LogP contribution >= 0.6 is 0 Å². The van der Waals surface area contributed by atoms with Crippen molar-refractivity contribution in [1.29, 1.82) is 0 Å². The van der Waals surface area contributed by atoms with Crippen molar-refractivity contribution in [3.05, 3.63) is 36.0 Å². The minimum absolute atomic E-state index is 0.102. The van der Waals surface area contributed by atoms with Crippen LogP contribution in [0.4, 0.5) is 0 Å². The van der Waals surface area contributed by atoms with Gasteiger partial charge in [0.2, 0.25) is 0 Å². The van der Waals surface area contributed by atoms with E-state index >= 15 is 0 Å². The number of carbonyl (C=O) groups is 1. The molecule has 0 saturated carbocycles. The van der Waals surface area contributed by atoms with Crippen molar-refractivity contribution < 1.29 is 9.53 Å². The predicted octanol–water partition coefficient (Wildman–Crippen LogP) is 3.80. The molecule has 152 valence electrons. The lowest BCUT2D eigenvalue weighted by atomic mass is 9.67. The maximum Gasteiger partial charge on any atom is 0.305 e. The smallest absolute Gasteiger partial charge is 0.305 e. The van der Waals surface area contributed by atoms with E-state index in [2.05, 4.69) is 58.4 Å². The fourth-order valence-corrected chi connectivity index (χ4v) is 4.21. The zero-order chi connectivity index (χ0) is 20.0. The van der Waals surface area contributed by atoms with Crippen molar-refractivity contribution in [2.45, 2.75) is 51.4 Å². The van der Waals surface area contributed by atoms with Crippen LogP contribution < -0.4 is 0 Å². The van der Waals surface area contributed by atoms with E-state index in [4.69, 9.17) is 4.74 Å². The Balaban J connectivity index is 1.54. The maximum atomic E-state index is 11.2. The van der Waals surface area contributed by atoms with Crippen molar-refractivity contribution >= 4 is 5.97 Å². The summed E-state index contributed by atoms with van der Waals surface area (Å²) in [5, 5.41) is 10.8. The highest BCUT2D eigenvalue weighted by molar-refractivity contribution is 5.68. The van der Waals surface area contributed by atoms with Gasteiger partial charge in [0, 0.05) is 18.5 Å². The van der Waals surface area contributed by atoms with Gasteiger partial charge in [-0.3, -0.25) is 4.79 Å². The Bertz CT molecular complexity index is 762. The van der Waals surface area contributed by atoms with Crippen LogP contribution in [-0.4, -0.2) is 53.0 Å². The van der Waals surface area contributed by atoms with E-state index in [0.717, 1.165) is 56.6 Å². The summed E-state index contributed by atoms with van der Waals surface area (Å²) in [6.07, 6.45) is 6.60. The first-order chi connectivity index (χ1) is 13.5. The first-order valence-corrected chi connectivity index (χ1v) is 10.3. The highest BCUT2D eigenvalue weighted by Crippen LogP contribution is 2.40. The first kappa shape index (κ1) is 20.5. The maximum absolute atomic E-state index is 11.2. The third kappa shape index (κ3) is 4.79. The topological polar surface area (TPSA) is 71.1 Å². The summed E-state index contributed by atoms with van der Waals surface area (Å²) in [6.45, 7) is 8.10. The summed E-state index contributed by atoms with van der Waals surface area (Å²) in [5.74, 6) is 0.471. The fourth-order valence-electron chi connectivity index (χ4n) is 4.21. The van der Waals surface area contributed by atoms with Gasteiger partial charge < -0.3 is 9.64 Å². The number of nitrogens with one attached hydrogen (secondary N) is 1. The van der Waals surface area contributed by atoms with Crippen molar-refractivity contribution in [2.75, 3.05) is 26.7 Å². The van der Waals surface area contributed by atoms with Crippen molar-refractivity contribution in [1.82, 2.24) is 20.3 Å². The Labute approximate surface area is 167 Å². The van der Waals surface area contributed by atoms with E-state index in [1.54, 1.807) is 6.20 Å². The molecule has 2 atom stereocenters. The highest BCUT2D eigenvalue weighted by Gasteiger charge is 2.37. The molecule has 1 aliphatic heterocycles. The number of esters is 1. The number of aromatic amines is 1. The van der Waals surface area contributed by atoms with Crippen LogP contribution in [0.5, 0.6) is 0 Å². The number of benzene rings is 1. The van der Waals surface area contributed by atoms with Gasteiger partial charge >= 0.3 is 5.97 Å². The van der Waals surface area contributed by atoms with E-state index in [1.165, 1.54) is 12.7 Å². The van der Waals surface area contributed by atoms with Crippen LogP contribution in [0.25, 0.3) is 11.3 Å². The molecule has 0 spiro atoms. The van der Waals surface area contributed by atoms with Crippen LogP contribution in [-0.2, 0) is 14.9 Å². The van der Waals surface area contributed by atoms with Crippen LogP contribution in [0.15, 0.2) is 30.5 Å². The second-order valence-corrected chi connectivity index (χ2v) is 8.19. The number of hydrogen-bond donors (Lipinski definition) is 1. The van der Waals surface area contributed by atoms with Crippen LogP contribution in [0, 0.1) is 5.92 Å². The van der Waals surface area contributed by atoms with Gasteiger partial charge in [0.1, 0.15) is 5.69 Å². The molecular formula is C22H32N4O2. The molecule has 3 rings (SSSR count). The van der Waals surface area contributed by atoms with E-state index in [-0.39, 0.29) is 11.4 Å². The average Bonchev–Trinajstić information content (AvgIpc) is 3.25. The van der Waals surface area contributed by atoms with E-state index in [9.17, 15) is 4.79 Å². The van der Waals surface area contributed by atoms with Crippen molar-refractivity contribution in [3.8, 4) is 11.3 Å². The van der Waals surface area contributed by atoms with Gasteiger partial charge in [0.05, 0.1) is 13.3 Å². The minimum atomic E-state index is -0.102. The molecule has 2 aromatic rings. The minimum Gasteiger partial charge on any atom is -0.469 e. The van der Waals surface area contributed by atoms with E-state index in [0.29, 0.717) is 12.3 Å². The van der Waals surface area contributed by atoms with Crippen LogP contribution in [0.3, 0.4) is 0 Å². The molecule has 0 amide bonds. The number of ether oxygens (including phenoxy) is 1. The van der Waals surface area contributed by atoms with Gasteiger partial charge in [-0.05, 0) is 55.3 Å². The summed E-state index contributed by atoms with van der Waals surface area (Å²) in [6, 6.07) is 8.75. The molecule has 0 aliphatic carbocycles. The molecule has 1 saturated heterocycles. The number of aromatic nitrogens is 3. The first-order valence-electron chi connectivity index (χ1n) is 10.3.